The fourth-order valence-electron chi connectivity index (χ4n) is 4.05. The standard InChI is InChI=1S/C25H31N5O5/c1-19(31)27(2)16-23-17-29(24(32)35-23)22-10-8-21(9-11-22)28-13-12-26-30(15-14-28)25(33)34-18-20-6-4-3-5-7-20/h3-11,23,26H,12-18H2,1-2H3/t23-/m0/s1. The molecule has 2 heterocycles. The minimum Gasteiger partial charge on any atom is -0.444 e. The van der Waals surface area contributed by atoms with Crippen LogP contribution in [0.25, 0.3) is 0 Å². The van der Waals surface area contributed by atoms with Crippen LogP contribution in [0.1, 0.15) is 12.5 Å². The number of carbonyl (C=O) groups excluding carboxylic acids is 3. The first-order valence-corrected chi connectivity index (χ1v) is 11.7. The molecule has 0 bridgehead atoms. The molecule has 2 aromatic carbocycles. The molecule has 2 aliphatic rings. The van der Waals surface area contributed by atoms with Crippen molar-refractivity contribution in [1.82, 2.24) is 15.3 Å². The van der Waals surface area contributed by atoms with Gasteiger partial charge in [-0.3, -0.25) is 9.69 Å². The first-order valence-electron chi connectivity index (χ1n) is 11.7. The molecule has 1 atom stereocenters. The largest absolute Gasteiger partial charge is 0.444 e. The number of likely N-dealkylation sites (N-methyl/N-ethyl adjacent to an activating group) is 1. The lowest BCUT2D eigenvalue weighted by Gasteiger charge is -2.23. The Labute approximate surface area is 204 Å². The van der Waals surface area contributed by atoms with Crippen molar-refractivity contribution in [2.45, 2.75) is 19.6 Å². The smallest absolute Gasteiger partial charge is 0.424 e. The molecule has 4 rings (SSSR count). The maximum Gasteiger partial charge on any atom is 0.424 e. The van der Waals surface area contributed by atoms with E-state index in [2.05, 4.69) is 10.3 Å². The van der Waals surface area contributed by atoms with Gasteiger partial charge in [-0.15, -0.1) is 0 Å². The van der Waals surface area contributed by atoms with Crippen LogP contribution >= 0.6 is 0 Å². The summed E-state index contributed by atoms with van der Waals surface area (Å²) in [5.74, 6) is -0.0705. The number of benzene rings is 2. The van der Waals surface area contributed by atoms with E-state index < -0.39 is 12.2 Å². The van der Waals surface area contributed by atoms with Gasteiger partial charge in [0.15, 0.2) is 0 Å². The topological polar surface area (TPSA) is 94.7 Å². The molecular weight excluding hydrogens is 450 g/mol. The average Bonchev–Trinajstić information content (AvgIpc) is 3.06. The second-order valence-electron chi connectivity index (χ2n) is 8.62. The van der Waals surface area contributed by atoms with Crippen molar-refractivity contribution in [3.05, 3.63) is 60.2 Å². The number of cyclic esters (lactones) is 1. The molecule has 2 aromatic rings. The van der Waals surface area contributed by atoms with Gasteiger partial charge in [-0.1, -0.05) is 30.3 Å². The van der Waals surface area contributed by atoms with Gasteiger partial charge in [-0.25, -0.2) is 20.0 Å². The number of amides is 3. The van der Waals surface area contributed by atoms with E-state index in [0.717, 1.165) is 16.9 Å². The molecule has 2 fully saturated rings. The van der Waals surface area contributed by atoms with Gasteiger partial charge < -0.3 is 19.3 Å². The number of carbonyl (C=O) groups is 3. The molecule has 0 aliphatic carbocycles. The van der Waals surface area contributed by atoms with Crippen molar-refractivity contribution in [2.75, 3.05) is 56.1 Å². The molecule has 1 N–H and O–H groups in total. The Bertz CT molecular complexity index is 1030. The van der Waals surface area contributed by atoms with E-state index in [0.29, 0.717) is 39.3 Å². The lowest BCUT2D eigenvalue weighted by Crippen LogP contribution is -2.43. The van der Waals surface area contributed by atoms with Crippen LogP contribution in [0.5, 0.6) is 0 Å². The summed E-state index contributed by atoms with van der Waals surface area (Å²) in [4.78, 5) is 41.6. The predicted octanol–water partition coefficient (Wildman–Crippen LogP) is 2.45. The number of hydrazine groups is 1. The third-order valence-corrected chi connectivity index (χ3v) is 6.12. The highest BCUT2D eigenvalue weighted by Crippen LogP contribution is 2.25. The van der Waals surface area contributed by atoms with Crippen LogP contribution in [-0.4, -0.2) is 80.4 Å². The molecule has 186 valence electrons. The zero-order chi connectivity index (χ0) is 24.8. The maximum atomic E-state index is 12.5. The van der Waals surface area contributed by atoms with Gasteiger partial charge in [0.25, 0.3) is 0 Å². The molecule has 2 saturated heterocycles. The van der Waals surface area contributed by atoms with Gasteiger partial charge in [0.1, 0.15) is 12.7 Å². The Balaban J connectivity index is 1.29. The third kappa shape index (κ3) is 6.21. The third-order valence-electron chi connectivity index (χ3n) is 6.12. The van der Waals surface area contributed by atoms with Gasteiger partial charge >= 0.3 is 12.2 Å². The number of hydrogen-bond donors (Lipinski definition) is 1. The Hall–Kier alpha value is -3.79. The number of nitrogens with zero attached hydrogens (tertiary/aromatic N) is 4. The van der Waals surface area contributed by atoms with E-state index in [4.69, 9.17) is 9.47 Å². The second kappa shape index (κ2) is 11.1. The second-order valence-corrected chi connectivity index (χ2v) is 8.62. The monoisotopic (exact) mass is 481 g/mol. The number of ether oxygens (including phenoxy) is 2. The summed E-state index contributed by atoms with van der Waals surface area (Å²) in [5.41, 5.74) is 5.81. The highest BCUT2D eigenvalue weighted by molar-refractivity contribution is 5.90. The van der Waals surface area contributed by atoms with Crippen molar-refractivity contribution in [2.24, 2.45) is 0 Å². The zero-order valence-electron chi connectivity index (χ0n) is 20.1. The number of hydrogen-bond acceptors (Lipinski definition) is 7. The van der Waals surface area contributed by atoms with E-state index in [9.17, 15) is 14.4 Å². The summed E-state index contributed by atoms with van der Waals surface area (Å²) in [6.07, 6.45) is -1.17. The predicted molar refractivity (Wildman–Crippen MR) is 131 cm³/mol. The van der Waals surface area contributed by atoms with Crippen molar-refractivity contribution < 1.29 is 23.9 Å². The minimum absolute atomic E-state index is 0.0705. The molecule has 10 nitrogen and oxygen atoms in total. The van der Waals surface area contributed by atoms with Gasteiger partial charge in [0, 0.05) is 45.0 Å². The number of rotatable bonds is 6. The van der Waals surface area contributed by atoms with Crippen LogP contribution < -0.4 is 15.2 Å². The average molecular weight is 482 g/mol. The van der Waals surface area contributed by atoms with E-state index in [1.165, 1.54) is 11.9 Å². The van der Waals surface area contributed by atoms with Gasteiger partial charge in [0.2, 0.25) is 5.91 Å². The van der Waals surface area contributed by atoms with Crippen LogP contribution in [0.15, 0.2) is 54.6 Å². The molecule has 3 amide bonds. The first-order chi connectivity index (χ1) is 16.9. The summed E-state index contributed by atoms with van der Waals surface area (Å²) in [6, 6.07) is 17.3. The summed E-state index contributed by atoms with van der Waals surface area (Å²) in [5, 5.41) is 1.51. The lowest BCUT2D eigenvalue weighted by molar-refractivity contribution is -0.128. The molecule has 0 unspecified atom stereocenters. The Morgan fingerprint density at radius 2 is 1.77 bits per heavy atom. The highest BCUT2D eigenvalue weighted by Gasteiger charge is 2.33. The molecule has 0 radical (unpaired) electrons. The van der Waals surface area contributed by atoms with Crippen molar-refractivity contribution in [3.8, 4) is 0 Å². The fraction of sp³-hybridized carbons (Fsp3) is 0.400. The van der Waals surface area contributed by atoms with Crippen LogP contribution in [0.4, 0.5) is 21.0 Å². The number of nitrogens with one attached hydrogen (secondary N) is 1. The summed E-state index contributed by atoms with van der Waals surface area (Å²) >= 11 is 0. The quantitative estimate of drug-likeness (QED) is 0.677. The zero-order valence-corrected chi connectivity index (χ0v) is 20.1. The van der Waals surface area contributed by atoms with Gasteiger partial charge in [0.05, 0.1) is 19.6 Å². The summed E-state index contributed by atoms with van der Waals surface area (Å²) in [6.45, 7) is 4.88. The normalized spacial score (nSPS) is 18.2. The molecule has 2 aliphatic heterocycles. The minimum atomic E-state index is -0.414. The lowest BCUT2D eigenvalue weighted by atomic mass is 10.2. The number of anilines is 2. The molecular formula is C25H31N5O5. The molecule has 0 spiro atoms. The molecule has 10 heteroatoms. The Morgan fingerprint density at radius 1 is 1.06 bits per heavy atom. The van der Waals surface area contributed by atoms with E-state index in [1.807, 2.05) is 54.6 Å². The molecule has 0 saturated carbocycles. The SMILES string of the molecule is CC(=O)N(C)C[C@H]1CN(c2ccc(N3CCNN(C(=O)OCc4ccccc4)CC3)cc2)C(=O)O1. The summed E-state index contributed by atoms with van der Waals surface area (Å²) in [7, 11) is 1.69. The summed E-state index contributed by atoms with van der Waals surface area (Å²) < 4.78 is 10.8. The van der Waals surface area contributed by atoms with Gasteiger partial charge in [-0.2, -0.15) is 0 Å². The first kappa shape index (κ1) is 24.3. The van der Waals surface area contributed by atoms with Crippen LogP contribution in [0, 0.1) is 0 Å². The van der Waals surface area contributed by atoms with Crippen molar-refractivity contribution in [1.29, 1.82) is 0 Å². The highest BCUT2D eigenvalue weighted by atomic mass is 16.6. The van der Waals surface area contributed by atoms with Crippen molar-refractivity contribution in [3.63, 3.8) is 0 Å². The Morgan fingerprint density at radius 3 is 2.49 bits per heavy atom. The van der Waals surface area contributed by atoms with Crippen molar-refractivity contribution >= 4 is 29.5 Å². The molecule has 0 aromatic heterocycles. The maximum absolute atomic E-state index is 12.5. The Kier molecular flexibility index (Phi) is 7.71. The van der Waals surface area contributed by atoms with E-state index >= 15 is 0 Å². The van der Waals surface area contributed by atoms with Crippen LogP contribution in [0.3, 0.4) is 0 Å². The van der Waals surface area contributed by atoms with Crippen LogP contribution in [0.2, 0.25) is 0 Å². The molecule has 35 heavy (non-hydrogen) atoms. The van der Waals surface area contributed by atoms with Gasteiger partial charge in [-0.05, 0) is 29.8 Å². The van der Waals surface area contributed by atoms with Crippen LogP contribution in [-0.2, 0) is 20.9 Å². The van der Waals surface area contributed by atoms with E-state index in [1.54, 1.807) is 16.8 Å². The van der Waals surface area contributed by atoms with E-state index in [-0.39, 0.29) is 18.6 Å². The fourth-order valence-corrected chi connectivity index (χ4v) is 4.05.